The second-order valence-electron chi connectivity index (χ2n) is 9.43. The molecule has 2 aliphatic rings. The van der Waals surface area contributed by atoms with Crippen molar-refractivity contribution in [1.29, 1.82) is 0 Å². The molecule has 3 amide bonds. The van der Waals surface area contributed by atoms with Crippen LogP contribution in [0.1, 0.15) is 77.6 Å². The Morgan fingerprint density at radius 1 is 1.06 bits per heavy atom. The molecule has 9 nitrogen and oxygen atoms in total. The van der Waals surface area contributed by atoms with Crippen molar-refractivity contribution in [3.63, 3.8) is 0 Å². The highest BCUT2D eigenvalue weighted by molar-refractivity contribution is 5.85. The molecule has 2 atom stereocenters. The fourth-order valence-corrected chi connectivity index (χ4v) is 4.60. The summed E-state index contributed by atoms with van der Waals surface area (Å²) in [5.74, 6) is -1.39. The zero-order valence-electron chi connectivity index (χ0n) is 20.1. The van der Waals surface area contributed by atoms with E-state index in [9.17, 15) is 24.3 Å². The van der Waals surface area contributed by atoms with E-state index in [1.807, 2.05) is 0 Å². The predicted molar refractivity (Wildman–Crippen MR) is 125 cm³/mol. The van der Waals surface area contributed by atoms with Gasteiger partial charge in [0.2, 0.25) is 17.7 Å². The minimum absolute atomic E-state index is 0.102. The quantitative estimate of drug-likeness (QED) is 0.306. The molecule has 2 rings (SSSR count). The molecular formula is C24H42N4O5. The van der Waals surface area contributed by atoms with E-state index in [0.29, 0.717) is 31.8 Å². The standard InChI is InChI=1S/C24H42N4O5/c1-2-3-4-5-8-21(29)27-20(24(32)33)16-26-23(31)19-7-6-15-28(17-19)22(30)10-9-18-11-13-25-14-12-18/h18-20,25H,2-17H2,1H3,(H,26,31)(H,27,29)(H,32,33)/t19-,20-/m1/s1. The van der Waals surface area contributed by atoms with E-state index in [2.05, 4.69) is 22.9 Å². The number of carbonyl (C=O) groups excluding carboxylic acids is 3. The van der Waals surface area contributed by atoms with Gasteiger partial charge in [-0.2, -0.15) is 0 Å². The number of carboxylic acid groups (broad SMARTS) is 1. The molecule has 0 radical (unpaired) electrons. The lowest BCUT2D eigenvalue weighted by Gasteiger charge is -2.33. The number of carboxylic acids is 1. The van der Waals surface area contributed by atoms with Crippen LogP contribution in [0.3, 0.4) is 0 Å². The van der Waals surface area contributed by atoms with Gasteiger partial charge in [-0.15, -0.1) is 0 Å². The summed E-state index contributed by atoms with van der Waals surface area (Å²) in [6.07, 6.45) is 9.12. The highest BCUT2D eigenvalue weighted by Crippen LogP contribution is 2.21. The lowest BCUT2D eigenvalue weighted by molar-refractivity contribution is -0.142. The molecular weight excluding hydrogens is 424 g/mol. The molecule has 0 saturated carbocycles. The first-order chi connectivity index (χ1) is 15.9. The van der Waals surface area contributed by atoms with Crippen molar-refractivity contribution in [1.82, 2.24) is 20.9 Å². The maximum absolute atomic E-state index is 12.7. The Hall–Kier alpha value is -2.16. The summed E-state index contributed by atoms with van der Waals surface area (Å²) in [4.78, 5) is 50.7. The molecule has 0 spiro atoms. The van der Waals surface area contributed by atoms with Crippen molar-refractivity contribution in [2.45, 2.75) is 83.6 Å². The minimum atomic E-state index is -1.17. The van der Waals surface area contributed by atoms with Crippen molar-refractivity contribution < 1.29 is 24.3 Å². The van der Waals surface area contributed by atoms with Gasteiger partial charge in [0.15, 0.2) is 0 Å². The smallest absolute Gasteiger partial charge is 0.328 e. The predicted octanol–water partition coefficient (Wildman–Crippen LogP) is 1.66. The van der Waals surface area contributed by atoms with Crippen LogP contribution in [0.25, 0.3) is 0 Å². The van der Waals surface area contributed by atoms with E-state index in [-0.39, 0.29) is 36.6 Å². The first-order valence-corrected chi connectivity index (χ1v) is 12.7. The summed E-state index contributed by atoms with van der Waals surface area (Å²) in [7, 11) is 0. The van der Waals surface area contributed by atoms with Crippen LogP contribution < -0.4 is 16.0 Å². The molecule has 2 saturated heterocycles. The van der Waals surface area contributed by atoms with Gasteiger partial charge in [0.05, 0.1) is 5.92 Å². The van der Waals surface area contributed by atoms with Crippen LogP contribution in [0.15, 0.2) is 0 Å². The van der Waals surface area contributed by atoms with Gasteiger partial charge in [-0.05, 0) is 57.5 Å². The molecule has 0 unspecified atom stereocenters. The summed E-state index contributed by atoms with van der Waals surface area (Å²) in [6, 6.07) is -1.15. The number of piperidine rings is 2. The number of aliphatic carboxylic acids is 1. The molecule has 0 aromatic rings. The van der Waals surface area contributed by atoms with E-state index in [1.54, 1.807) is 4.90 Å². The number of nitrogens with zero attached hydrogens (tertiary/aromatic N) is 1. The van der Waals surface area contributed by atoms with Gasteiger partial charge in [-0.3, -0.25) is 14.4 Å². The Morgan fingerprint density at radius 2 is 1.82 bits per heavy atom. The van der Waals surface area contributed by atoms with Crippen LogP contribution in [-0.4, -0.2) is 72.5 Å². The number of amides is 3. The average molecular weight is 467 g/mol. The topological polar surface area (TPSA) is 128 Å². The lowest BCUT2D eigenvalue weighted by atomic mass is 9.92. The maximum Gasteiger partial charge on any atom is 0.328 e. The van der Waals surface area contributed by atoms with E-state index >= 15 is 0 Å². The lowest BCUT2D eigenvalue weighted by Crippen LogP contribution is -2.51. The molecule has 4 N–H and O–H groups in total. The zero-order chi connectivity index (χ0) is 24.1. The Morgan fingerprint density at radius 3 is 2.52 bits per heavy atom. The molecule has 9 heteroatoms. The maximum atomic E-state index is 12.7. The molecule has 33 heavy (non-hydrogen) atoms. The number of hydrogen-bond acceptors (Lipinski definition) is 5. The SMILES string of the molecule is CCCCCCC(=O)N[C@H](CNC(=O)[C@@H]1CCCN(C(=O)CCC2CCNCC2)C1)C(=O)O. The van der Waals surface area contributed by atoms with Crippen molar-refractivity contribution in [3.8, 4) is 0 Å². The molecule has 0 aromatic heterocycles. The second-order valence-corrected chi connectivity index (χ2v) is 9.43. The molecule has 0 aliphatic carbocycles. The Balaban J connectivity index is 1.73. The molecule has 0 bridgehead atoms. The summed E-state index contributed by atoms with van der Waals surface area (Å²) in [5, 5.41) is 17.9. The van der Waals surface area contributed by atoms with Crippen LogP contribution in [0.4, 0.5) is 0 Å². The highest BCUT2D eigenvalue weighted by Gasteiger charge is 2.30. The summed E-state index contributed by atoms with van der Waals surface area (Å²) in [5.41, 5.74) is 0. The number of nitrogens with one attached hydrogen (secondary N) is 3. The normalized spacial score (nSPS) is 20.2. The van der Waals surface area contributed by atoms with Gasteiger partial charge in [0.1, 0.15) is 6.04 Å². The fraction of sp³-hybridized carbons (Fsp3) is 0.833. The number of rotatable bonds is 13. The van der Waals surface area contributed by atoms with E-state index in [1.165, 1.54) is 0 Å². The number of unbranched alkanes of at least 4 members (excludes halogenated alkanes) is 3. The van der Waals surface area contributed by atoms with E-state index in [0.717, 1.165) is 64.5 Å². The molecule has 188 valence electrons. The van der Waals surface area contributed by atoms with Crippen molar-refractivity contribution in [3.05, 3.63) is 0 Å². The van der Waals surface area contributed by atoms with Crippen molar-refractivity contribution >= 4 is 23.7 Å². The first-order valence-electron chi connectivity index (χ1n) is 12.7. The molecule has 0 aromatic carbocycles. The first kappa shape index (κ1) is 27.1. The van der Waals surface area contributed by atoms with E-state index in [4.69, 9.17) is 0 Å². The Bertz CT molecular complexity index is 651. The second kappa shape index (κ2) is 14.9. The zero-order valence-corrected chi connectivity index (χ0v) is 20.1. The third-order valence-electron chi connectivity index (χ3n) is 6.74. The van der Waals surface area contributed by atoms with E-state index < -0.39 is 12.0 Å². The van der Waals surface area contributed by atoms with Gasteiger partial charge in [-0.25, -0.2) is 4.79 Å². The summed E-state index contributed by atoms with van der Waals surface area (Å²) >= 11 is 0. The van der Waals surface area contributed by atoms with Gasteiger partial charge in [0, 0.05) is 32.5 Å². The summed E-state index contributed by atoms with van der Waals surface area (Å²) < 4.78 is 0. The highest BCUT2D eigenvalue weighted by atomic mass is 16.4. The fourth-order valence-electron chi connectivity index (χ4n) is 4.60. The number of carbonyl (C=O) groups is 4. The van der Waals surface area contributed by atoms with Crippen LogP contribution >= 0.6 is 0 Å². The number of likely N-dealkylation sites (tertiary alicyclic amines) is 1. The van der Waals surface area contributed by atoms with Crippen LogP contribution in [0.2, 0.25) is 0 Å². The number of hydrogen-bond donors (Lipinski definition) is 4. The van der Waals surface area contributed by atoms with Gasteiger partial charge < -0.3 is 26.0 Å². The largest absolute Gasteiger partial charge is 0.480 e. The van der Waals surface area contributed by atoms with Gasteiger partial charge in [-0.1, -0.05) is 26.2 Å². The molecule has 2 fully saturated rings. The van der Waals surface area contributed by atoms with Gasteiger partial charge >= 0.3 is 5.97 Å². The van der Waals surface area contributed by atoms with Crippen molar-refractivity contribution in [2.24, 2.45) is 11.8 Å². The van der Waals surface area contributed by atoms with Gasteiger partial charge in [0.25, 0.3) is 0 Å². The minimum Gasteiger partial charge on any atom is -0.480 e. The van der Waals surface area contributed by atoms with Crippen LogP contribution in [0.5, 0.6) is 0 Å². The third kappa shape index (κ3) is 10.1. The van der Waals surface area contributed by atoms with Crippen LogP contribution in [-0.2, 0) is 19.2 Å². The van der Waals surface area contributed by atoms with Crippen molar-refractivity contribution in [2.75, 3.05) is 32.7 Å². The summed E-state index contributed by atoms with van der Waals surface area (Å²) in [6.45, 7) is 5.00. The monoisotopic (exact) mass is 466 g/mol. The Labute approximate surface area is 197 Å². The molecule has 2 heterocycles. The Kier molecular flexibility index (Phi) is 12.2. The third-order valence-corrected chi connectivity index (χ3v) is 6.74. The van der Waals surface area contributed by atoms with Crippen LogP contribution in [0, 0.1) is 11.8 Å². The molecule has 2 aliphatic heterocycles. The average Bonchev–Trinajstić information content (AvgIpc) is 2.83.